The van der Waals surface area contributed by atoms with E-state index < -0.39 is 22.1 Å². The number of carbonyl (C=O) groups excluding carboxylic acids is 2. The number of urea groups is 1. The first-order valence-corrected chi connectivity index (χ1v) is 19.5. The molecule has 0 aromatic rings. The summed E-state index contributed by atoms with van der Waals surface area (Å²) in [5, 5.41) is 9.13. The molecule has 11 heteroatoms. The molecule has 3 N–H and O–H groups in total. The van der Waals surface area contributed by atoms with Gasteiger partial charge in [-0.15, -0.1) is 6.58 Å². The van der Waals surface area contributed by atoms with Crippen molar-refractivity contribution in [1.82, 2.24) is 16.0 Å². The van der Waals surface area contributed by atoms with Crippen LogP contribution in [0.25, 0.3) is 0 Å². The van der Waals surface area contributed by atoms with Gasteiger partial charge in [0.25, 0.3) is 0 Å². The molecule has 0 bridgehead atoms. The first kappa shape index (κ1) is 45.0. The number of ether oxygens (including phenoxy) is 3. The summed E-state index contributed by atoms with van der Waals surface area (Å²) in [4.78, 5) is 25.5. The van der Waals surface area contributed by atoms with Gasteiger partial charge in [-0.25, -0.2) is 9.59 Å². The van der Waals surface area contributed by atoms with Gasteiger partial charge in [0.15, 0.2) is 0 Å². The molecule has 1 aliphatic carbocycles. The van der Waals surface area contributed by atoms with Crippen LogP contribution in [0.5, 0.6) is 0 Å². The van der Waals surface area contributed by atoms with Crippen molar-refractivity contribution in [3.05, 3.63) is 25.5 Å². The molecule has 1 rings (SSSR count). The van der Waals surface area contributed by atoms with Crippen LogP contribution >= 0.6 is 10.6 Å². The van der Waals surface area contributed by atoms with Crippen molar-refractivity contribution in [2.45, 2.75) is 107 Å². The minimum absolute atomic E-state index is 0.00142. The monoisotopic (exact) mass is 690 g/mol. The van der Waals surface area contributed by atoms with Gasteiger partial charge in [0.1, 0.15) is 6.61 Å². The van der Waals surface area contributed by atoms with Gasteiger partial charge in [-0.05, 0) is 62.7 Å². The molecule has 47 heavy (non-hydrogen) atoms. The number of nitrogens with one attached hydrogen (secondary N) is 3. The van der Waals surface area contributed by atoms with Crippen molar-refractivity contribution in [2.24, 2.45) is 22.2 Å². The van der Waals surface area contributed by atoms with E-state index in [4.69, 9.17) is 22.6 Å². The highest BCUT2D eigenvalue weighted by Crippen LogP contribution is 2.47. The molecule has 1 aliphatic rings. The van der Waals surface area contributed by atoms with E-state index in [9.17, 15) is 9.59 Å². The molecule has 0 spiro atoms. The maximum Gasteiger partial charge on any atom is 0.407 e. The van der Waals surface area contributed by atoms with Crippen molar-refractivity contribution in [3.63, 3.8) is 0 Å². The van der Waals surface area contributed by atoms with Crippen LogP contribution in [-0.2, 0) is 22.6 Å². The Bertz CT molecular complexity index is 898. The van der Waals surface area contributed by atoms with Gasteiger partial charge in [-0.2, -0.15) is 10.6 Å². The molecule has 0 aromatic carbocycles. The predicted molar refractivity (Wildman–Crippen MR) is 197 cm³/mol. The van der Waals surface area contributed by atoms with Crippen LogP contribution in [0.15, 0.2) is 25.5 Å². The Morgan fingerprint density at radius 1 is 1.00 bits per heavy atom. The minimum Gasteiger partial charge on any atom is -0.501 e. The summed E-state index contributed by atoms with van der Waals surface area (Å²) in [6.45, 7) is 29.9. The zero-order valence-corrected chi connectivity index (χ0v) is 32.4. The van der Waals surface area contributed by atoms with Gasteiger partial charge in [0.2, 0.25) is 0 Å². The third-order valence-electron chi connectivity index (χ3n) is 8.38. The summed E-state index contributed by atoms with van der Waals surface area (Å²) in [5.41, 5.74) is -0.696. The summed E-state index contributed by atoms with van der Waals surface area (Å²) in [6, 6.07) is -0.182. The van der Waals surface area contributed by atoms with E-state index in [0.717, 1.165) is 37.4 Å². The zero-order chi connectivity index (χ0) is 36.0. The lowest BCUT2D eigenvalue weighted by molar-refractivity contribution is -0.0321. The summed E-state index contributed by atoms with van der Waals surface area (Å²) in [7, 11) is -1.57. The maximum absolute atomic E-state index is 12.8. The number of carbonyl (C=O) groups is 2. The van der Waals surface area contributed by atoms with Crippen molar-refractivity contribution in [3.8, 4) is 0 Å². The highest BCUT2D eigenvalue weighted by molar-refractivity contribution is 8.25. The molecule has 3 atom stereocenters. The van der Waals surface area contributed by atoms with E-state index in [-0.39, 0.29) is 29.5 Å². The molecule has 3 amide bonds. The first-order valence-electron chi connectivity index (χ1n) is 17.5. The fourth-order valence-corrected chi connectivity index (χ4v) is 7.84. The number of hydrogen-bond acceptors (Lipinski definition) is 7. The standard InChI is InChI=1S/C31H59N3O7S.C5H12/c1-10-17-38-24-31(11-2,23-37-12-3)25-39-28(36)33-22-30(8)20-26(19-29(6,7)21-30)34-27(35)32-16-15-18-42(9,40-13-4)41-14-5;1-4-5(2)3/h10,12,26H,1,3,11,13-25H2,2,4-9H3,(H,33,36)(H2,32,34,35);5H,4H2,1-3H3. The summed E-state index contributed by atoms with van der Waals surface area (Å²) in [5.74, 6) is 1.66. The van der Waals surface area contributed by atoms with E-state index in [1.165, 1.54) is 12.7 Å². The molecule has 10 nitrogen and oxygen atoms in total. The Balaban J connectivity index is 0.00000391. The smallest absolute Gasteiger partial charge is 0.407 e. The second kappa shape index (κ2) is 23.4. The number of amides is 3. The Kier molecular flexibility index (Phi) is 22.4. The Labute approximate surface area is 289 Å². The van der Waals surface area contributed by atoms with Crippen LogP contribution in [-0.4, -0.2) is 82.9 Å². The number of hydrogen-bond donors (Lipinski definition) is 3. The molecule has 0 heterocycles. The molecular formula is C36H71N3O7S. The molecular weight excluding hydrogens is 618 g/mol. The third-order valence-corrected chi connectivity index (χ3v) is 10.9. The van der Waals surface area contributed by atoms with Gasteiger partial charge < -0.3 is 30.2 Å². The molecule has 0 saturated heterocycles. The molecule has 1 fully saturated rings. The quantitative estimate of drug-likeness (QED) is 0.0597. The van der Waals surface area contributed by atoms with Gasteiger partial charge >= 0.3 is 12.1 Å². The van der Waals surface area contributed by atoms with Crippen LogP contribution in [0.2, 0.25) is 0 Å². The first-order chi connectivity index (χ1) is 22.1. The van der Waals surface area contributed by atoms with E-state index in [0.29, 0.717) is 52.5 Å². The van der Waals surface area contributed by atoms with Crippen LogP contribution in [0.1, 0.15) is 101 Å². The molecule has 0 aromatic heterocycles. The van der Waals surface area contributed by atoms with Crippen molar-refractivity contribution in [2.75, 3.05) is 64.7 Å². The van der Waals surface area contributed by atoms with Crippen LogP contribution < -0.4 is 16.0 Å². The van der Waals surface area contributed by atoms with Crippen molar-refractivity contribution in [1.29, 1.82) is 0 Å². The lowest BCUT2D eigenvalue weighted by atomic mass is 9.62. The normalized spacial score (nSPS) is 20.5. The van der Waals surface area contributed by atoms with Crippen molar-refractivity contribution >= 4 is 22.7 Å². The van der Waals surface area contributed by atoms with Crippen LogP contribution in [0.4, 0.5) is 9.59 Å². The second-order valence-corrected chi connectivity index (χ2v) is 17.1. The SMILES string of the molecule is C=CCOCC(CC)(COC=C)COC(=O)NCC1(C)CC(NC(=O)NCCCS(C)(OCC)OCC)CC(C)(C)C1.CCC(C)C. The second-order valence-electron chi connectivity index (χ2n) is 14.3. The minimum atomic E-state index is -1.57. The Morgan fingerprint density at radius 3 is 2.17 bits per heavy atom. The number of rotatable bonds is 22. The third kappa shape index (κ3) is 20.2. The predicted octanol–water partition coefficient (Wildman–Crippen LogP) is 8.14. The van der Waals surface area contributed by atoms with E-state index >= 15 is 0 Å². The average Bonchev–Trinajstić information content (AvgIpc) is 2.99. The van der Waals surface area contributed by atoms with Gasteiger partial charge in [0.05, 0.1) is 44.7 Å². The molecule has 3 unspecified atom stereocenters. The lowest BCUT2D eigenvalue weighted by Crippen LogP contribution is -2.52. The summed E-state index contributed by atoms with van der Waals surface area (Å²) < 4.78 is 28.4. The zero-order valence-electron chi connectivity index (χ0n) is 31.6. The highest BCUT2D eigenvalue weighted by atomic mass is 32.3. The molecule has 0 radical (unpaired) electrons. The average molecular weight is 690 g/mol. The highest BCUT2D eigenvalue weighted by Gasteiger charge is 2.42. The summed E-state index contributed by atoms with van der Waals surface area (Å²) in [6.07, 6.45) is 9.93. The van der Waals surface area contributed by atoms with Gasteiger partial charge in [-0.3, -0.25) is 8.37 Å². The summed E-state index contributed by atoms with van der Waals surface area (Å²) >= 11 is 0. The van der Waals surface area contributed by atoms with Gasteiger partial charge in [0, 0.05) is 31.1 Å². The van der Waals surface area contributed by atoms with E-state index in [1.54, 1.807) is 6.08 Å². The van der Waals surface area contributed by atoms with E-state index in [2.05, 4.69) is 70.7 Å². The topological polar surface area (TPSA) is 116 Å². The fraction of sp³-hybridized carbons (Fsp3) is 0.833. The largest absolute Gasteiger partial charge is 0.501 e. The lowest BCUT2D eigenvalue weighted by Gasteiger charge is -2.46. The van der Waals surface area contributed by atoms with Gasteiger partial charge in [-0.1, -0.05) is 67.5 Å². The molecule has 0 aliphatic heterocycles. The molecule has 1 saturated carbocycles. The van der Waals surface area contributed by atoms with Crippen LogP contribution in [0, 0.1) is 22.2 Å². The maximum atomic E-state index is 12.8. The Hall–Kier alpha value is -1.95. The Morgan fingerprint density at radius 2 is 1.64 bits per heavy atom. The van der Waals surface area contributed by atoms with E-state index in [1.807, 2.05) is 27.0 Å². The van der Waals surface area contributed by atoms with Crippen LogP contribution in [0.3, 0.4) is 0 Å². The van der Waals surface area contributed by atoms with Crippen molar-refractivity contribution < 1.29 is 32.2 Å². The fourth-order valence-electron chi connectivity index (χ4n) is 5.87. The number of alkyl carbamates (subject to hydrolysis) is 1. The molecule has 278 valence electrons.